The van der Waals surface area contributed by atoms with Gasteiger partial charge in [0.05, 0.1) is 18.8 Å². The first-order valence-electron chi connectivity index (χ1n) is 10.3. The third-order valence-electron chi connectivity index (χ3n) is 6.19. The van der Waals surface area contributed by atoms with Gasteiger partial charge in [0, 0.05) is 25.1 Å². The second-order valence-electron chi connectivity index (χ2n) is 8.15. The van der Waals surface area contributed by atoms with Gasteiger partial charge >= 0.3 is 0 Å². The van der Waals surface area contributed by atoms with Crippen molar-refractivity contribution >= 4 is 5.91 Å². The van der Waals surface area contributed by atoms with E-state index in [-0.39, 0.29) is 17.4 Å². The molecule has 1 amide bonds. The summed E-state index contributed by atoms with van der Waals surface area (Å²) in [7, 11) is 0. The lowest BCUT2D eigenvalue weighted by molar-refractivity contribution is -0.152. The molecule has 3 heterocycles. The fourth-order valence-corrected chi connectivity index (χ4v) is 4.61. The molecule has 0 spiro atoms. The Bertz CT molecular complexity index is 962. The Hall–Kier alpha value is -2.47. The van der Waals surface area contributed by atoms with Crippen LogP contribution in [0.3, 0.4) is 0 Å². The molecule has 1 aromatic carbocycles. The molecule has 0 bridgehead atoms. The van der Waals surface area contributed by atoms with E-state index >= 15 is 0 Å². The van der Waals surface area contributed by atoms with Gasteiger partial charge < -0.3 is 9.64 Å². The van der Waals surface area contributed by atoms with Crippen LogP contribution in [0.4, 0.5) is 0 Å². The lowest BCUT2D eigenvalue weighted by atomic mass is 9.93. The Kier molecular flexibility index (Phi) is 4.51. The maximum absolute atomic E-state index is 12.9. The first-order chi connectivity index (χ1) is 13.7. The standard InChI is InChI=1S/C22H25N3O3/c26-20-11-17-6-2-4-8-19(17)23-25(20)14-15-12-24(13-15)22(27)21-18-7-3-1-5-16(18)9-10-28-21/h1,3,5,7,11,15,21H,2,4,6,8-10,12-14H2. The Morgan fingerprint density at radius 2 is 1.93 bits per heavy atom. The van der Waals surface area contributed by atoms with Crippen LogP contribution in [-0.4, -0.2) is 40.3 Å². The minimum absolute atomic E-state index is 0.0185. The predicted molar refractivity (Wildman–Crippen MR) is 104 cm³/mol. The first kappa shape index (κ1) is 17.6. The van der Waals surface area contributed by atoms with Gasteiger partial charge in [0.2, 0.25) is 0 Å². The summed E-state index contributed by atoms with van der Waals surface area (Å²) in [5, 5.41) is 4.60. The molecule has 0 radical (unpaired) electrons. The number of rotatable bonds is 3. The summed E-state index contributed by atoms with van der Waals surface area (Å²) in [6.07, 6.45) is 4.58. The van der Waals surface area contributed by atoms with Crippen molar-refractivity contribution in [1.82, 2.24) is 14.7 Å². The Labute approximate surface area is 164 Å². The first-order valence-corrected chi connectivity index (χ1v) is 10.3. The van der Waals surface area contributed by atoms with Crippen LogP contribution in [-0.2, 0) is 35.3 Å². The Balaban J connectivity index is 1.24. The highest BCUT2D eigenvalue weighted by molar-refractivity contribution is 5.83. The molecule has 28 heavy (non-hydrogen) atoms. The number of hydrogen-bond acceptors (Lipinski definition) is 4. The third kappa shape index (κ3) is 3.15. The number of carbonyl (C=O) groups excluding carboxylic acids is 1. The van der Waals surface area contributed by atoms with E-state index in [9.17, 15) is 9.59 Å². The van der Waals surface area contributed by atoms with Crippen LogP contribution in [0.5, 0.6) is 0 Å². The summed E-state index contributed by atoms with van der Waals surface area (Å²) in [5.41, 5.74) is 4.37. The lowest BCUT2D eigenvalue weighted by Crippen LogP contribution is -2.54. The SMILES string of the molecule is O=C(C1OCCc2ccccc21)N1CC(Cn2nc3c(cc2=O)CCCC3)C1. The van der Waals surface area contributed by atoms with Crippen LogP contribution < -0.4 is 5.56 Å². The van der Waals surface area contributed by atoms with E-state index < -0.39 is 6.10 Å². The summed E-state index contributed by atoms with van der Waals surface area (Å²) in [6.45, 7) is 2.48. The van der Waals surface area contributed by atoms with Crippen LogP contribution in [0.25, 0.3) is 0 Å². The number of amides is 1. The number of aromatic nitrogens is 2. The molecule has 1 fully saturated rings. The molecule has 1 atom stereocenters. The molecular weight excluding hydrogens is 354 g/mol. The van der Waals surface area contributed by atoms with E-state index in [0.29, 0.717) is 26.2 Å². The minimum atomic E-state index is -0.490. The second-order valence-corrected chi connectivity index (χ2v) is 8.15. The maximum atomic E-state index is 12.9. The molecule has 1 aliphatic carbocycles. The zero-order valence-electron chi connectivity index (χ0n) is 16.0. The molecule has 1 aromatic heterocycles. The summed E-state index contributed by atoms with van der Waals surface area (Å²) in [5.74, 6) is 0.309. The molecule has 5 rings (SSSR count). The van der Waals surface area contributed by atoms with Gasteiger partial charge in [-0.2, -0.15) is 5.10 Å². The molecule has 0 N–H and O–H groups in total. The van der Waals surface area contributed by atoms with Gasteiger partial charge in [-0.15, -0.1) is 0 Å². The average molecular weight is 379 g/mol. The van der Waals surface area contributed by atoms with E-state index in [2.05, 4.69) is 11.2 Å². The maximum Gasteiger partial charge on any atom is 0.267 e. The normalized spacial score (nSPS) is 21.6. The fourth-order valence-electron chi connectivity index (χ4n) is 4.61. The van der Waals surface area contributed by atoms with E-state index in [1.807, 2.05) is 23.1 Å². The predicted octanol–water partition coefficient (Wildman–Crippen LogP) is 1.89. The molecule has 1 saturated heterocycles. The third-order valence-corrected chi connectivity index (χ3v) is 6.19. The van der Waals surface area contributed by atoms with Crippen molar-refractivity contribution in [3.8, 4) is 0 Å². The molecule has 6 heteroatoms. The zero-order valence-corrected chi connectivity index (χ0v) is 16.0. The van der Waals surface area contributed by atoms with E-state index in [1.54, 1.807) is 10.7 Å². The molecular formula is C22H25N3O3. The van der Waals surface area contributed by atoms with Gasteiger partial charge in [-0.05, 0) is 48.8 Å². The smallest absolute Gasteiger partial charge is 0.267 e. The van der Waals surface area contributed by atoms with E-state index in [4.69, 9.17) is 4.74 Å². The fraction of sp³-hybridized carbons (Fsp3) is 0.500. The van der Waals surface area contributed by atoms with Crippen molar-refractivity contribution in [2.24, 2.45) is 5.92 Å². The van der Waals surface area contributed by atoms with Gasteiger partial charge in [0.25, 0.3) is 11.5 Å². The second kappa shape index (κ2) is 7.17. The van der Waals surface area contributed by atoms with Gasteiger partial charge in [0.15, 0.2) is 6.10 Å². The van der Waals surface area contributed by atoms with E-state index in [0.717, 1.165) is 48.9 Å². The highest BCUT2D eigenvalue weighted by Crippen LogP contribution is 2.31. The van der Waals surface area contributed by atoms with Gasteiger partial charge in [-0.25, -0.2) is 4.68 Å². The van der Waals surface area contributed by atoms with Crippen LogP contribution in [0.1, 0.15) is 41.3 Å². The van der Waals surface area contributed by atoms with Crippen LogP contribution in [0.2, 0.25) is 0 Å². The molecule has 0 saturated carbocycles. The summed E-state index contributed by atoms with van der Waals surface area (Å²) < 4.78 is 7.40. The van der Waals surface area contributed by atoms with Crippen LogP contribution in [0.15, 0.2) is 35.1 Å². The van der Waals surface area contributed by atoms with Crippen LogP contribution >= 0.6 is 0 Å². The summed E-state index contributed by atoms with van der Waals surface area (Å²) in [4.78, 5) is 27.1. The highest BCUT2D eigenvalue weighted by atomic mass is 16.5. The summed E-state index contributed by atoms with van der Waals surface area (Å²) >= 11 is 0. The van der Waals surface area contributed by atoms with E-state index in [1.165, 1.54) is 5.56 Å². The molecule has 2 aliphatic heterocycles. The number of fused-ring (bicyclic) bond motifs is 2. The molecule has 146 valence electrons. The van der Waals surface area contributed by atoms with Crippen molar-refractivity contribution in [1.29, 1.82) is 0 Å². The molecule has 2 aromatic rings. The lowest BCUT2D eigenvalue weighted by Gasteiger charge is -2.41. The van der Waals surface area contributed by atoms with Gasteiger partial charge in [-0.3, -0.25) is 9.59 Å². The van der Waals surface area contributed by atoms with Gasteiger partial charge in [-0.1, -0.05) is 24.3 Å². The molecule has 1 unspecified atom stereocenters. The minimum Gasteiger partial charge on any atom is -0.363 e. The van der Waals surface area contributed by atoms with Crippen molar-refractivity contribution in [3.63, 3.8) is 0 Å². The van der Waals surface area contributed by atoms with Crippen molar-refractivity contribution in [2.75, 3.05) is 19.7 Å². The number of benzene rings is 1. The number of nitrogens with zero attached hydrogens (tertiary/aromatic N) is 3. The number of ether oxygens (including phenoxy) is 1. The number of aryl methyl sites for hydroxylation is 2. The topological polar surface area (TPSA) is 64.4 Å². The highest BCUT2D eigenvalue weighted by Gasteiger charge is 2.37. The van der Waals surface area contributed by atoms with Crippen molar-refractivity contribution < 1.29 is 9.53 Å². The van der Waals surface area contributed by atoms with Crippen molar-refractivity contribution in [2.45, 2.75) is 44.8 Å². The number of hydrogen-bond donors (Lipinski definition) is 0. The number of carbonyl (C=O) groups is 1. The van der Waals surface area contributed by atoms with Gasteiger partial charge in [0.1, 0.15) is 0 Å². The zero-order chi connectivity index (χ0) is 19.1. The monoisotopic (exact) mass is 379 g/mol. The Morgan fingerprint density at radius 1 is 1.11 bits per heavy atom. The molecule has 3 aliphatic rings. The largest absolute Gasteiger partial charge is 0.363 e. The quantitative estimate of drug-likeness (QED) is 0.817. The van der Waals surface area contributed by atoms with Crippen LogP contribution in [0, 0.1) is 5.92 Å². The van der Waals surface area contributed by atoms with Crippen molar-refractivity contribution in [3.05, 3.63) is 63.1 Å². The number of likely N-dealkylation sites (tertiary alicyclic amines) is 1. The average Bonchev–Trinajstić information content (AvgIpc) is 2.69. The molecule has 6 nitrogen and oxygen atoms in total. The summed E-state index contributed by atoms with van der Waals surface area (Å²) in [6, 6.07) is 9.79. The Morgan fingerprint density at radius 3 is 2.82 bits per heavy atom.